The molecule has 0 unspecified atom stereocenters. The molecule has 4 heteroatoms. The third-order valence-electron chi connectivity index (χ3n) is 1.89. The average molecular weight is 259 g/mol. The standard InChI is InChI=1S/C6H15ClSi.C3H5Cl.H4Si/c1-6(2,3)8(4,5)7;1-2-3-4;/h1-5H3;2H,1,3H2;1H4. The van der Waals surface area contributed by atoms with Gasteiger partial charge < -0.3 is 0 Å². The molecule has 0 rings (SSSR count). The van der Waals surface area contributed by atoms with Gasteiger partial charge in [0.15, 0.2) is 7.38 Å². The molecule has 0 saturated carbocycles. The van der Waals surface area contributed by atoms with Crippen LogP contribution in [0.5, 0.6) is 0 Å². The minimum absolute atomic E-state index is 0. The van der Waals surface area contributed by atoms with Crippen LogP contribution >= 0.6 is 22.7 Å². The van der Waals surface area contributed by atoms with Crippen LogP contribution in [0.25, 0.3) is 0 Å². The number of alkyl halides is 1. The summed E-state index contributed by atoms with van der Waals surface area (Å²) in [5, 5.41) is 0.342. The largest absolute Gasteiger partial charge is 0.167 e. The lowest BCUT2D eigenvalue weighted by Gasteiger charge is -2.29. The Bertz CT molecular complexity index is 111. The van der Waals surface area contributed by atoms with Gasteiger partial charge in [0.2, 0.25) is 0 Å². The van der Waals surface area contributed by atoms with E-state index in [2.05, 4.69) is 40.4 Å². The Balaban J connectivity index is -0.000000173. The van der Waals surface area contributed by atoms with Gasteiger partial charge in [-0.1, -0.05) is 39.9 Å². The number of hydrogen-bond donors (Lipinski definition) is 0. The second kappa shape index (κ2) is 8.09. The van der Waals surface area contributed by atoms with E-state index < -0.39 is 7.38 Å². The maximum atomic E-state index is 6.15. The van der Waals surface area contributed by atoms with Crippen LogP contribution in [-0.2, 0) is 0 Å². The van der Waals surface area contributed by atoms with E-state index >= 15 is 0 Å². The van der Waals surface area contributed by atoms with Crippen molar-refractivity contribution < 1.29 is 0 Å². The zero-order chi connectivity index (χ0) is 10.4. The van der Waals surface area contributed by atoms with Crippen LogP contribution in [-0.4, -0.2) is 24.2 Å². The van der Waals surface area contributed by atoms with E-state index in [1.807, 2.05) is 0 Å². The summed E-state index contributed by atoms with van der Waals surface area (Å²) in [7, 11) is -1.39. The van der Waals surface area contributed by atoms with Gasteiger partial charge in [-0.15, -0.1) is 18.2 Å². The number of allylic oxidation sites excluding steroid dienone is 1. The molecule has 0 spiro atoms. The molecule has 0 bridgehead atoms. The molecule has 0 aromatic carbocycles. The highest BCUT2D eigenvalue weighted by molar-refractivity contribution is 7.20. The molecule has 0 radical (unpaired) electrons. The van der Waals surface area contributed by atoms with E-state index in [-0.39, 0.29) is 11.0 Å². The van der Waals surface area contributed by atoms with Gasteiger partial charge in [-0.3, -0.25) is 0 Å². The van der Waals surface area contributed by atoms with Gasteiger partial charge in [0, 0.05) is 5.88 Å². The Morgan fingerprint density at radius 3 is 1.46 bits per heavy atom. The van der Waals surface area contributed by atoms with Crippen molar-refractivity contribution in [2.24, 2.45) is 0 Å². The molecule has 0 aliphatic carbocycles. The fourth-order valence-electron chi connectivity index (χ4n) is 0. The van der Waals surface area contributed by atoms with Crippen molar-refractivity contribution >= 4 is 41.0 Å². The van der Waals surface area contributed by atoms with E-state index in [1.165, 1.54) is 0 Å². The molecule has 0 saturated heterocycles. The van der Waals surface area contributed by atoms with Crippen molar-refractivity contribution in [2.45, 2.75) is 38.9 Å². The molecule has 0 aliphatic rings. The van der Waals surface area contributed by atoms with Crippen molar-refractivity contribution in [3.05, 3.63) is 12.7 Å². The smallest absolute Gasteiger partial charge is 0.155 e. The van der Waals surface area contributed by atoms with Gasteiger partial charge in [0.1, 0.15) is 0 Å². The summed E-state index contributed by atoms with van der Waals surface area (Å²) in [5.74, 6) is 0.556. The highest BCUT2D eigenvalue weighted by Crippen LogP contribution is 2.38. The molecule has 0 amide bonds. The predicted molar refractivity (Wildman–Crippen MR) is 75.3 cm³/mol. The monoisotopic (exact) mass is 258 g/mol. The molecular formula is C9H24Cl2Si2. The highest BCUT2D eigenvalue weighted by atomic mass is 35.6. The van der Waals surface area contributed by atoms with Gasteiger partial charge in [-0.2, -0.15) is 11.1 Å². The van der Waals surface area contributed by atoms with Gasteiger partial charge in [-0.25, -0.2) is 0 Å². The van der Waals surface area contributed by atoms with E-state index in [4.69, 9.17) is 22.7 Å². The van der Waals surface area contributed by atoms with Crippen LogP contribution in [0.2, 0.25) is 18.1 Å². The van der Waals surface area contributed by atoms with Crippen molar-refractivity contribution in [1.82, 2.24) is 0 Å². The zero-order valence-electron chi connectivity index (χ0n) is 8.75. The normalized spacial score (nSPS) is 10.7. The second-order valence-electron chi connectivity index (χ2n) is 4.17. The van der Waals surface area contributed by atoms with Crippen molar-refractivity contribution in [3.8, 4) is 0 Å². The number of halogens is 2. The van der Waals surface area contributed by atoms with Gasteiger partial charge in [-0.05, 0) is 16.0 Å². The maximum Gasteiger partial charge on any atom is 0.155 e. The Morgan fingerprint density at radius 2 is 1.46 bits per heavy atom. The zero-order valence-corrected chi connectivity index (χ0v) is 11.3. The summed E-state index contributed by atoms with van der Waals surface area (Å²) in [6.07, 6.45) is 1.64. The minimum Gasteiger partial charge on any atom is -0.167 e. The molecule has 0 N–H and O–H groups in total. The molecule has 0 fully saturated rings. The number of hydrogen-bond acceptors (Lipinski definition) is 0. The third-order valence-corrected chi connectivity index (χ3v) is 7.38. The van der Waals surface area contributed by atoms with E-state index in [0.717, 1.165) is 0 Å². The fraction of sp³-hybridized carbons (Fsp3) is 0.778. The lowest BCUT2D eigenvalue weighted by molar-refractivity contribution is 0.735. The molecule has 82 valence electrons. The first-order valence-electron chi connectivity index (χ1n) is 4.02. The quantitative estimate of drug-likeness (QED) is 0.294. The lowest BCUT2D eigenvalue weighted by atomic mass is 10.2. The summed E-state index contributed by atoms with van der Waals surface area (Å²) in [6, 6.07) is 0. The summed E-state index contributed by atoms with van der Waals surface area (Å²) in [5.41, 5.74) is 0. The average Bonchev–Trinajstić information content (AvgIpc) is 1.84. The summed E-state index contributed by atoms with van der Waals surface area (Å²) in [4.78, 5) is 0. The Labute approximate surface area is 98.4 Å². The first-order valence-corrected chi connectivity index (χ1v) is 8.57. The highest BCUT2D eigenvalue weighted by Gasteiger charge is 2.32. The molecular weight excluding hydrogens is 235 g/mol. The summed E-state index contributed by atoms with van der Waals surface area (Å²) >= 11 is 11.2. The van der Waals surface area contributed by atoms with Crippen LogP contribution in [0.15, 0.2) is 12.7 Å². The first-order chi connectivity index (χ1) is 5.16. The van der Waals surface area contributed by atoms with Crippen molar-refractivity contribution in [3.63, 3.8) is 0 Å². The van der Waals surface area contributed by atoms with Crippen LogP contribution in [0.3, 0.4) is 0 Å². The Hall–Kier alpha value is 0.754. The van der Waals surface area contributed by atoms with E-state index in [0.29, 0.717) is 10.9 Å². The molecule has 13 heavy (non-hydrogen) atoms. The molecule has 0 aromatic heterocycles. The fourth-order valence-corrected chi connectivity index (χ4v) is 0. The van der Waals surface area contributed by atoms with Crippen LogP contribution in [0.1, 0.15) is 20.8 Å². The molecule has 0 aliphatic heterocycles. The van der Waals surface area contributed by atoms with E-state index in [9.17, 15) is 0 Å². The van der Waals surface area contributed by atoms with Crippen molar-refractivity contribution in [2.75, 3.05) is 5.88 Å². The topological polar surface area (TPSA) is 0 Å². The van der Waals surface area contributed by atoms with Crippen LogP contribution in [0.4, 0.5) is 0 Å². The predicted octanol–water partition coefficient (Wildman–Crippen LogP) is 3.19. The molecule has 0 nitrogen and oxygen atoms in total. The lowest BCUT2D eigenvalue weighted by Crippen LogP contribution is -2.29. The second-order valence-corrected chi connectivity index (χ2v) is 11.8. The van der Waals surface area contributed by atoms with Gasteiger partial charge in [0.25, 0.3) is 0 Å². The minimum atomic E-state index is -1.39. The Morgan fingerprint density at radius 1 is 1.31 bits per heavy atom. The van der Waals surface area contributed by atoms with Crippen LogP contribution < -0.4 is 0 Å². The Kier molecular flexibility index (Phi) is 12.0. The summed E-state index contributed by atoms with van der Waals surface area (Å²) in [6.45, 7) is 14.3. The number of rotatable bonds is 1. The first kappa shape index (κ1) is 19.3. The maximum absolute atomic E-state index is 6.15. The molecule has 0 aromatic rings. The molecule has 0 atom stereocenters. The van der Waals surface area contributed by atoms with Crippen LogP contribution in [0, 0.1) is 0 Å². The van der Waals surface area contributed by atoms with E-state index in [1.54, 1.807) is 6.08 Å². The summed E-state index contributed by atoms with van der Waals surface area (Å²) < 4.78 is 0. The van der Waals surface area contributed by atoms with Gasteiger partial charge in [0.05, 0.1) is 0 Å². The van der Waals surface area contributed by atoms with Crippen molar-refractivity contribution in [1.29, 1.82) is 0 Å². The molecule has 0 heterocycles. The van der Waals surface area contributed by atoms with Gasteiger partial charge >= 0.3 is 0 Å². The third kappa shape index (κ3) is 12.8. The SMILES string of the molecule is C=CCCl.CC(C)(C)[Si](C)(C)Cl.[SiH4].